The van der Waals surface area contributed by atoms with Gasteiger partial charge in [-0.2, -0.15) is 0 Å². The lowest BCUT2D eigenvalue weighted by Crippen LogP contribution is -2.45. The van der Waals surface area contributed by atoms with Crippen molar-refractivity contribution in [3.05, 3.63) is 42.5 Å². The number of benzene rings is 2. The van der Waals surface area contributed by atoms with Crippen molar-refractivity contribution in [3.63, 3.8) is 0 Å². The van der Waals surface area contributed by atoms with E-state index in [1.54, 1.807) is 6.92 Å². The van der Waals surface area contributed by atoms with Gasteiger partial charge in [0.05, 0.1) is 5.84 Å². The van der Waals surface area contributed by atoms with Gasteiger partial charge in [-0.3, -0.25) is 9.79 Å². The Morgan fingerprint density at radius 1 is 1.13 bits per heavy atom. The van der Waals surface area contributed by atoms with Crippen molar-refractivity contribution in [1.29, 1.82) is 0 Å². The summed E-state index contributed by atoms with van der Waals surface area (Å²) < 4.78 is 6.20. The van der Waals surface area contributed by atoms with Gasteiger partial charge < -0.3 is 10.5 Å². The number of hydrogen-bond acceptors (Lipinski definition) is 3. The number of amidine groups is 1. The van der Waals surface area contributed by atoms with Crippen LogP contribution in [-0.4, -0.2) is 23.8 Å². The topological polar surface area (TPSA) is 64.7 Å². The fourth-order valence-corrected chi connectivity index (χ4v) is 4.48. The first-order chi connectivity index (χ1) is 14.5. The van der Waals surface area contributed by atoms with Crippen molar-refractivity contribution in [2.75, 3.05) is 6.61 Å². The van der Waals surface area contributed by atoms with Crippen LogP contribution in [0.4, 0.5) is 0 Å². The summed E-state index contributed by atoms with van der Waals surface area (Å²) >= 11 is 0. The number of hydrogen-bond donors (Lipinski definition) is 1. The normalized spacial score (nSPS) is 17.6. The van der Waals surface area contributed by atoms with Crippen LogP contribution in [0.1, 0.15) is 71.6 Å². The molecule has 162 valence electrons. The molecule has 0 radical (unpaired) electrons. The van der Waals surface area contributed by atoms with Crippen LogP contribution >= 0.6 is 0 Å². The molecule has 0 saturated heterocycles. The molecule has 2 aromatic rings. The van der Waals surface area contributed by atoms with Crippen molar-refractivity contribution in [2.45, 2.75) is 77.2 Å². The molecule has 1 aliphatic rings. The predicted molar refractivity (Wildman–Crippen MR) is 125 cm³/mol. The van der Waals surface area contributed by atoms with Crippen LogP contribution in [0.15, 0.2) is 47.5 Å². The molecule has 30 heavy (non-hydrogen) atoms. The summed E-state index contributed by atoms with van der Waals surface area (Å²) in [6.45, 7) is 4.02. The molecule has 2 N–H and O–H groups in total. The molecule has 0 aliphatic heterocycles. The molecule has 0 bridgehead atoms. The standard InChI is InChI=1S/C26H36N2O2/c1-3-4-14-25(27)28-26(20(2)29,18-21-10-6-5-7-11-21)19-30-24-16-15-22-12-8-9-13-23(22)17-24/h8-9,12-13,15-17,21H,3-7,10-11,14,18-19H2,1-2H3,(H2,27,28). The van der Waals surface area contributed by atoms with Crippen LogP contribution < -0.4 is 10.5 Å². The van der Waals surface area contributed by atoms with Gasteiger partial charge in [0, 0.05) is 6.42 Å². The summed E-state index contributed by atoms with van der Waals surface area (Å²) in [5, 5.41) is 2.30. The van der Waals surface area contributed by atoms with Gasteiger partial charge in [-0.25, -0.2) is 0 Å². The fourth-order valence-electron chi connectivity index (χ4n) is 4.48. The molecule has 0 amide bonds. The Labute approximate surface area is 180 Å². The van der Waals surface area contributed by atoms with Gasteiger partial charge in [0.25, 0.3) is 0 Å². The Hall–Kier alpha value is -2.36. The molecule has 1 aliphatic carbocycles. The molecule has 0 heterocycles. The molecular weight excluding hydrogens is 372 g/mol. The molecule has 1 atom stereocenters. The fraction of sp³-hybridized carbons (Fsp3) is 0.538. The van der Waals surface area contributed by atoms with Gasteiger partial charge in [-0.15, -0.1) is 0 Å². The van der Waals surface area contributed by atoms with Gasteiger partial charge in [0.15, 0.2) is 11.3 Å². The zero-order valence-corrected chi connectivity index (χ0v) is 18.5. The minimum Gasteiger partial charge on any atom is -0.491 e. The number of ketones is 1. The van der Waals surface area contributed by atoms with E-state index in [1.807, 2.05) is 24.3 Å². The molecule has 4 heteroatoms. The highest BCUT2D eigenvalue weighted by atomic mass is 16.5. The third kappa shape index (κ3) is 5.84. The number of rotatable bonds is 10. The van der Waals surface area contributed by atoms with Gasteiger partial charge in [-0.05, 0) is 48.6 Å². The molecule has 2 aromatic carbocycles. The van der Waals surface area contributed by atoms with E-state index in [1.165, 1.54) is 24.6 Å². The maximum Gasteiger partial charge on any atom is 0.160 e. The van der Waals surface area contributed by atoms with Crippen molar-refractivity contribution in [1.82, 2.24) is 0 Å². The van der Waals surface area contributed by atoms with Crippen LogP contribution in [0.25, 0.3) is 10.8 Å². The third-order valence-corrected chi connectivity index (χ3v) is 6.35. The number of ether oxygens (including phenoxy) is 1. The number of carbonyl (C=O) groups excluding carboxylic acids is 1. The van der Waals surface area contributed by atoms with E-state index in [9.17, 15) is 4.79 Å². The first kappa shape index (κ1) is 22.3. The highest BCUT2D eigenvalue weighted by Crippen LogP contribution is 2.34. The highest BCUT2D eigenvalue weighted by molar-refractivity contribution is 5.91. The third-order valence-electron chi connectivity index (χ3n) is 6.35. The van der Waals surface area contributed by atoms with Crippen molar-refractivity contribution in [2.24, 2.45) is 16.6 Å². The molecule has 1 saturated carbocycles. The first-order valence-electron chi connectivity index (χ1n) is 11.5. The predicted octanol–water partition coefficient (Wildman–Crippen LogP) is 6.06. The van der Waals surface area contributed by atoms with Crippen LogP contribution in [0.2, 0.25) is 0 Å². The number of Topliss-reactive ketones (excluding diaryl/α,β-unsaturated/α-hetero) is 1. The summed E-state index contributed by atoms with van der Waals surface area (Å²) in [5.74, 6) is 1.90. The zero-order valence-electron chi connectivity index (χ0n) is 18.5. The SMILES string of the molecule is CCCCC(N)=NC(COc1ccc2ccccc2c1)(CC1CCCCC1)C(C)=O. The lowest BCUT2D eigenvalue weighted by atomic mass is 9.78. The monoisotopic (exact) mass is 408 g/mol. The summed E-state index contributed by atoms with van der Waals surface area (Å²) in [7, 11) is 0. The highest BCUT2D eigenvalue weighted by Gasteiger charge is 2.39. The van der Waals surface area contributed by atoms with Crippen molar-refractivity contribution < 1.29 is 9.53 Å². The maximum atomic E-state index is 12.9. The number of fused-ring (bicyclic) bond motifs is 1. The second-order valence-electron chi connectivity index (χ2n) is 8.80. The summed E-state index contributed by atoms with van der Waals surface area (Å²) in [5.41, 5.74) is 5.38. The number of aliphatic imine (C=N–C) groups is 1. The van der Waals surface area contributed by atoms with E-state index in [-0.39, 0.29) is 12.4 Å². The minimum atomic E-state index is -0.897. The number of unbranched alkanes of at least 4 members (excludes halogenated alkanes) is 1. The van der Waals surface area contributed by atoms with Gasteiger partial charge in [0.2, 0.25) is 0 Å². The Morgan fingerprint density at radius 3 is 2.57 bits per heavy atom. The summed E-state index contributed by atoms with van der Waals surface area (Å²) in [6.07, 6.45) is 9.58. The van der Waals surface area contributed by atoms with Crippen molar-refractivity contribution in [3.8, 4) is 5.75 Å². The molecule has 1 unspecified atom stereocenters. The molecule has 1 fully saturated rings. The van der Waals surface area contributed by atoms with Gasteiger partial charge in [-0.1, -0.05) is 75.8 Å². The summed E-state index contributed by atoms with van der Waals surface area (Å²) in [6, 6.07) is 14.3. The first-order valence-corrected chi connectivity index (χ1v) is 11.5. The largest absolute Gasteiger partial charge is 0.491 e. The number of carbonyl (C=O) groups is 1. The van der Waals surface area contributed by atoms with Gasteiger partial charge >= 0.3 is 0 Å². The lowest BCUT2D eigenvalue weighted by Gasteiger charge is -2.33. The zero-order chi connectivity index (χ0) is 21.4. The number of nitrogens with two attached hydrogens (primary N) is 1. The molecule has 0 aromatic heterocycles. The van der Waals surface area contributed by atoms with Crippen molar-refractivity contribution >= 4 is 22.4 Å². The average Bonchev–Trinajstić information content (AvgIpc) is 2.76. The van der Waals surface area contributed by atoms with E-state index in [2.05, 4.69) is 25.1 Å². The average molecular weight is 409 g/mol. The molecule has 0 spiro atoms. The smallest absolute Gasteiger partial charge is 0.160 e. The van der Waals surface area contributed by atoms with Crippen LogP contribution in [0.3, 0.4) is 0 Å². The molecule has 3 rings (SSSR count). The van der Waals surface area contributed by atoms with E-state index in [4.69, 9.17) is 15.5 Å². The Balaban J connectivity index is 1.84. The minimum absolute atomic E-state index is 0.0494. The van der Waals surface area contributed by atoms with E-state index >= 15 is 0 Å². The molecular formula is C26H36N2O2. The maximum absolute atomic E-state index is 12.9. The number of nitrogens with zero attached hydrogens (tertiary/aromatic N) is 1. The van der Waals surface area contributed by atoms with Crippen LogP contribution in [0.5, 0.6) is 5.75 Å². The van der Waals surface area contributed by atoms with Crippen LogP contribution in [-0.2, 0) is 4.79 Å². The Kier molecular flexibility index (Phi) is 7.89. The Morgan fingerprint density at radius 2 is 1.87 bits per heavy atom. The second-order valence-corrected chi connectivity index (χ2v) is 8.80. The van der Waals surface area contributed by atoms with E-state index in [0.29, 0.717) is 11.8 Å². The van der Waals surface area contributed by atoms with Crippen LogP contribution in [0, 0.1) is 5.92 Å². The van der Waals surface area contributed by atoms with Gasteiger partial charge in [0.1, 0.15) is 12.4 Å². The Bertz CT molecular complexity index is 870. The van der Waals surface area contributed by atoms with E-state index in [0.717, 1.165) is 49.7 Å². The molecule has 4 nitrogen and oxygen atoms in total. The lowest BCUT2D eigenvalue weighted by molar-refractivity contribution is -0.123. The second kappa shape index (κ2) is 10.6. The van der Waals surface area contributed by atoms with E-state index < -0.39 is 5.54 Å². The quantitative estimate of drug-likeness (QED) is 0.383. The summed E-state index contributed by atoms with van der Waals surface area (Å²) in [4.78, 5) is 17.8.